The smallest absolute Gasteiger partial charge is 0.0541 e. The fraction of sp³-hybridized carbons (Fsp3) is 0. The van der Waals surface area contributed by atoms with E-state index in [4.69, 9.17) is 0 Å². The van der Waals surface area contributed by atoms with Crippen molar-refractivity contribution in [2.75, 3.05) is 4.90 Å². The number of hydrogen-bond donors (Lipinski definition) is 0. The summed E-state index contributed by atoms with van der Waals surface area (Å²) in [6.07, 6.45) is 0. The lowest BCUT2D eigenvalue weighted by molar-refractivity contribution is 1.18. The monoisotopic (exact) mass is 840 g/mol. The second-order valence-corrected chi connectivity index (χ2v) is 16.9. The molecule has 0 aliphatic carbocycles. The van der Waals surface area contributed by atoms with Gasteiger partial charge in [-0.25, -0.2) is 0 Å². The number of anilines is 3. The van der Waals surface area contributed by atoms with Gasteiger partial charge in [-0.3, -0.25) is 0 Å². The first kappa shape index (κ1) is 38.9. The van der Waals surface area contributed by atoms with E-state index >= 15 is 0 Å². The molecule has 0 saturated carbocycles. The molecular weight excluding hydrogens is 797 g/mol. The fourth-order valence-corrected chi connectivity index (χ4v) is 9.86. The van der Waals surface area contributed by atoms with Crippen LogP contribution in [0.15, 0.2) is 267 Å². The average molecular weight is 841 g/mol. The Balaban J connectivity index is 1.01. The summed E-state index contributed by atoms with van der Waals surface area (Å²) in [5, 5.41) is 4.98. The van der Waals surface area contributed by atoms with Crippen molar-refractivity contribution >= 4 is 49.6 Å². The molecule has 0 unspecified atom stereocenters. The summed E-state index contributed by atoms with van der Waals surface area (Å²) >= 11 is 0. The summed E-state index contributed by atoms with van der Waals surface area (Å²) in [5.74, 6) is 0. The van der Waals surface area contributed by atoms with Gasteiger partial charge in [0.15, 0.2) is 0 Å². The zero-order chi connectivity index (χ0) is 43.8. The molecule has 12 rings (SSSR count). The first-order valence-electron chi connectivity index (χ1n) is 22.7. The highest BCUT2D eigenvalue weighted by atomic mass is 15.1. The van der Waals surface area contributed by atoms with Crippen molar-refractivity contribution in [1.29, 1.82) is 0 Å². The minimum atomic E-state index is 1.07. The Hall–Kier alpha value is -8.72. The molecule has 0 saturated heterocycles. The summed E-state index contributed by atoms with van der Waals surface area (Å²) in [7, 11) is 0. The second kappa shape index (κ2) is 16.8. The van der Waals surface area contributed by atoms with Crippen LogP contribution in [0.3, 0.4) is 0 Å². The largest absolute Gasteiger partial charge is 0.310 e. The third kappa shape index (κ3) is 7.02. The molecule has 1 aromatic heterocycles. The van der Waals surface area contributed by atoms with Gasteiger partial charge in [-0.05, 0) is 122 Å². The van der Waals surface area contributed by atoms with E-state index in [2.05, 4.69) is 276 Å². The summed E-state index contributed by atoms with van der Waals surface area (Å²) in [6.45, 7) is 0. The predicted molar refractivity (Wildman–Crippen MR) is 280 cm³/mol. The molecule has 0 spiro atoms. The van der Waals surface area contributed by atoms with Crippen LogP contribution in [-0.4, -0.2) is 4.57 Å². The molecular formula is C64H44N2. The lowest BCUT2D eigenvalue weighted by Crippen LogP contribution is -2.10. The van der Waals surface area contributed by atoms with Crippen LogP contribution in [0.1, 0.15) is 0 Å². The number of benzene rings is 11. The Morgan fingerprint density at radius 3 is 1.36 bits per heavy atom. The minimum Gasteiger partial charge on any atom is -0.310 e. The molecule has 11 aromatic carbocycles. The first-order chi connectivity index (χ1) is 32.7. The van der Waals surface area contributed by atoms with Crippen LogP contribution in [-0.2, 0) is 0 Å². The van der Waals surface area contributed by atoms with Crippen LogP contribution < -0.4 is 4.90 Å². The van der Waals surface area contributed by atoms with E-state index < -0.39 is 0 Å². The lowest BCUT2D eigenvalue weighted by atomic mass is 9.92. The van der Waals surface area contributed by atoms with Gasteiger partial charge >= 0.3 is 0 Å². The molecule has 2 nitrogen and oxygen atoms in total. The Labute approximate surface area is 385 Å². The van der Waals surface area contributed by atoms with Crippen molar-refractivity contribution in [2.45, 2.75) is 0 Å². The van der Waals surface area contributed by atoms with Crippen LogP contribution in [0.5, 0.6) is 0 Å². The van der Waals surface area contributed by atoms with Crippen molar-refractivity contribution < 1.29 is 0 Å². The van der Waals surface area contributed by atoms with Gasteiger partial charge in [0.1, 0.15) is 0 Å². The van der Waals surface area contributed by atoms with Gasteiger partial charge in [0.05, 0.1) is 16.7 Å². The third-order valence-corrected chi connectivity index (χ3v) is 13.0. The van der Waals surface area contributed by atoms with Crippen molar-refractivity contribution in [1.82, 2.24) is 4.57 Å². The van der Waals surface area contributed by atoms with Gasteiger partial charge in [0.25, 0.3) is 0 Å². The highest BCUT2D eigenvalue weighted by Gasteiger charge is 2.21. The van der Waals surface area contributed by atoms with E-state index in [1.165, 1.54) is 77.1 Å². The van der Waals surface area contributed by atoms with Crippen LogP contribution in [0.25, 0.3) is 93.9 Å². The van der Waals surface area contributed by atoms with Crippen LogP contribution in [0.4, 0.5) is 17.1 Å². The van der Waals surface area contributed by atoms with Gasteiger partial charge in [0.2, 0.25) is 0 Å². The number of fused-ring (bicyclic) bond motifs is 4. The quantitative estimate of drug-likeness (QED) is 0.141. The normalized spacial score (nSPS) is 11.3. The molecule has 0 N–H and O–H groups in total. The maximum atomic E-state index is 2.43. The molecule has 2 heteroatoms. The third-order valence-electron chi connectivity index (χ3n) is 13.0. The van der Waals surface area contributed by atoms with Crippen LogP contribution in [0.2, 0.25) is 0 Å². The Bertz CT molecular complexity index is 3630. The molecule has 0 bridgehead atoms. The van der Waals surface area contributed by atoms with E-state index in [9.17, 15) is 0 Å². The molecule has 0 amide bonds. The highest BCUT2D eigenvalue weighted by molar-refractivity contribution is 6.10. The molecule has 1 heterocycles. The predicted octanol–water partition coefficient (Wildman–Crippen LogP) is 17.7. The van der Waals surface area contributed by atoms with Crippen LogP contribution >= 0.6 is 0 Å². The number of rotatable bonds is 9. The lowest BCUT2D eigenvalue weighted by Gasteiger charge is -2.27. The number of hydrogen-bond acceptors (Lipinski definition) is 1. The van der Waals surface area contributed by atoms with E-state index in [0.29, 0.717) is 0 Å². The summed E-state index contributed by atoms with van der Waals surface area (Å²) in [6, 6.07) is 96.9. The van der Waals surface area contributed by atoms with E-state index in [1.54, 1.807) is 0 Å². The zero-order valence-corrected chi connectivity index (χ0v) is 36.3. The molecule has 0 fully saturated rings. The summed E-state index contributed by atoms with van der Waals surface area (Å²) in [4.78, 5) is 2.39. The molecule has 0 aliphatic heterocycles. The van der Waals surface area contributed by atoms with Crippen molar-refractivity contribution in [3.8, 4) is 61.3 Å². The molecule has 0 atom stereocenters. The van der Waals surface area contributed by atoms with Crippen molar-refractivity contribution in [2.24, 2.45) is 0 Å². The number of aromatic nitrogens is 1. The minimum absolute atomic E-state index is 1.07. The van der Waals surface area contributed by atoms with Gasteiger partial charge in [-0.15, -0.1) is 0 Å². The van der Waals surface area contributed by atoms with E-state index in [0.717, 1.165) is 33.9 Å². The summed E-state index contributed by atoms with van der Waals surface area (Å²) < 4.78 is 2.43. The van der Waals surface area contributed by atoms with Gasteiger partial charge in [-0.1, -0.05) is 206 Å². The van der Waals surface area contributed by atoms with Gasteiger partial charge < -0.3 is 9.47 Å². The zero-order valence-electron chi connectivity index (χ0n) is 36.3. The number of nitrogens with zero attached hydrogens (tertiary/aromatic N) is 2. The summed E-state index contributed by atoms with van der Waals surface area (Å²) in [5.41, 5.74) is 18.6. The van der Waals surface area contributed by atoms with Gasteiger partial charge in [-0.2, -0.15) is 0 Å². The maximum absolute atomic E-state index is 2.43. The van der Waals surface area contributed by atoms with Crippen molar-refractivity contribution in [3.63, 3.8) is 0 Å². The Kier molecular flexibility index (Phi) is 9.89. The Morgan fingerprint density at radius 2 is 0.697 bits per heavy atom. The highest BCUT2D eigenvalue weighted by Crippen LogP contribution is 2.44. The molecule has 310 valence electrons. The van der Waals surface area contributed by atoms with Gasteiger partial charge in [0, 0.05) is 33.4 Å². The average Bonchev–Trinajstić information content (AvgIpc) is 3.74. The SMILES string of the molecule is c1ccc(-c2ccc(N(c3ccc(-c4ccccc4-c4ccc5ccccc5c4)cc3)c3ccc(-c4ccccc4-n4c5ccccc5c5ccccc54)c(-c4ccccc4)c3)cc2)cc1. The topological polar surface area (TPSA) is 8.17 Å². The van der Waals surface area contributed by atoms with E-state index in [1.807, 2.05) is 0 Å². The van der Waals surface area contributed by atoms with E-state index in [-0.39, 0.29) is 0 Å². The fourth-order valence-electron chi connectivity index (χ4n) is 9.86. The second-order valence-electron chi connectivity index (χ2n) is 16.9. The first-order valence-corrected chi connectivity index (χ1v) is 22.7. The molecule has 66 heavy (non-hydrogen) atoms. The molecule has 0 aliphatic rings. The maximum Gasteiger partial charge on any atom is 0.0541 e. The van der Waals surface area contributed by atoms with Crippen molar-refractivity contribution in [3.05, 3.63) is 267 Å². The molecule has 0 radical (unpaired) electrons. The number of para-hydroxylation sites is 3. The van der Waals surface area contributed by atoms with Crippen LogP contribution in [0, 0.1) is 0 Å². The Morgan fingerprint density at radius 1 is 0.242 bits per heavy atom. The molecule has 12 aromatic rings. The standard InChI is InChI=1S/C64H44N2/c1-3-17-45(18-4-1)47-33-37-52(38-34-47)65(53-39-35-49(36-40-53)55-23-9-10-24-56(55)51-32-31-46-19-7-8-22-50(46)43-51)54-41-42-57(61(44-54)48-20-5-2-6-21-48)58-25-11-14-28-62(58)66-63-29-15-12-26-59(63)60-27-13-16-30-64(60)66/h1-44H.